The molecule has 1 aliphatic carbocycles. The molecule has 0 atom stereocenters. The number of carbonyl (C=O) groups is 1. The third kappa shape index (κ3) is 2.18. The maximum absolute atomic E-state index is 11.4. The molecule has 1 nitrogen and oxygen atoms in total. The Bertz CT molecular complexity index is 420. The fourth-order valence-corrected chi connectivity index (χ4v) is 2.54. The molecule has 0 amide bonds. The van der Waals surface area contributed by atoms with Crippen molar-refractivity contribution in [2.24, 2.45) is 0 Å². The van der Waals surface area contributed by atoms with Gasteiger partial charge in [0.25, 0.3) is 0 Å². The van der Waals surface area contributed by atoms with E-state index in [0.29, 0.717) is 6.42 Å². The SMILES string of the molecule is O=C1CCC(c2ccc(CS)cc2)=C1Br. The minimum Gasteiger partial charge on any atom is -0.294 e. The standard InChI is InChI=1S/C12H11BrOS/c13-12-10(5-6-11(12)14)9-3-1-8(7-15)2-4-9/h1-4,15H,5-7H2. The second-order valence-corrected chi connectivity index (χ2v) is 4.68. The van der Waals surface area contributed by atoms with Gasteiger partial charge in [-0.15, -0.1) is 0 Å². The lowest BCUT2D eigenvalue weighted by Crippen LogP contribution is -1.87. The van der Waals surface area contributed by atoms with E-state index in [-0.39, 0.29) is 5.78 Å². The van der Waals surface area contributed by atoms with Crippen molar-refractivity contribution < 1.29 is 4.79 Å². The van der Waals surface area contributed by atoms with Crippen LogP contribution in [0.1, 0.15) is 24.0 Å². The summed E-state index contributed by atoms with van der Waals surface area (Å²) in [6, 6.07) is 8.22. The average Bonchev–Trinajstić information content (AvgIpc) is 2.60. The van der Waals surface area contributed by atoms with Crippen LogP contribution in [-0.2, 0) is 10.5 Å². The van der Waals surface area contributed by atoms with Crippen LogP contribution in [0.3, 0.4) is 0 Å². The third-order valence-electron chi connectivity index (χ3n) is 2.60. The molecule has 1 aromatic rings. The first-order chi connectivity index (χ1) is 7.22. The molecule has 0 fully saturated rings. The van der Waals surface area contributed by atoms with E-state index in [0.717, 1.165) is 27.8 Å². The summed E-state index contributed by atoms with van der Waals surface area (Å²) in [4.78, 5) is 11.4. The Labute approximate surface area is 103 Å². The maximum atomic E-state index is 11.4. The zero-order valence-corrected chi connectivity index (χ0v) is 10.6. The van der Waals surface area contributed by atoms with Crippen molar-refractivity contribution in [3.63, 3.8) is 0 Å². The molecule has 1 aromatic carbocycles. The molecule has 2 rings (SSSR count). The lowest BCUT2D eigenvalue weighted by atomic mass is 10.0. The van der Waals surface area contributed by atoms with E-state index < -0.39 is 0 Å². The van der Waals surface area contributed by atoms with Gasteiger partial charge in [0, 0.05) is 12.2 Å². The molecule has 0 saturated heterocycles. The summed E-state index contributed by atoms with van der Waals surface area (Å²) in [6.07, 6.45) is 1.48. The van der Waals surface area contributed by atoms with Crippen molar-refractivity contribution in [3.8, 4) is 0 Å². The molecule has 0 unspecified atom stereocenters. The fraction of sp³-hybridized carbons (Fsp3) is 0.250. The molecule has 0 aromatic heterocycles. The summed E-state index contributed by atoms with van der Waals surface area (Å²) in [7, 11) is 0. The van der Waals surface area contributed by atoms with E-state index in [1.165, 1.54) is 5.56 Å². The van der Waals surface area contributed by atoms with Crippen molar-refractivity contribution in [2.45, 2.75) is 18.6 Å². The number of benzene rings is 1. The van der Waals surface area contributed by atoms with E-state index in [9.17, 15) is 4.79 Å². The van der Waals surface area contributed by atoms with Crippen molar-refractivity contribution in [2.75, 3.05) is 0 Å². The number of allylic oxidation sites excluding steroid dienone is 2. The molecular formula is C12H11BrOS. The van der Waals surface area contributed by atoms with Crippen molar-refractivity contribution >= 4 is 39.9 Å². The second kappa shape index (κ2) is 4.54. The highest BCUT2D eigenvalue weighted by Gasteiger charge is 2.21. The van der Waals surface area contributed by atoms with E-state index in [4.69, 9.17) is 0 Å². The molecule has 1 aliphatic rings. The Kier molecular flexibility index (Phi) is 3.32. The van der Waals surface area contributed by atoms with Gasteiger partial charge < -0.3 is 0 Å². The first-order valence-electron chi connectivity index (χ1n) is 4.84. The van der Waals surface area contributed by atoms with Gasteiger partial charge in [0.05, 0.1) is 4.48 Å². The Morgan fingerprint density at radius 1 is 1.20 bits per heavy atom. The first kappa shape index (κ1) is 11.0. The number of thiol groups is 1. The van der Waals surface area contributed by atoms with Gasteiger partial charge in [-0.2, -0.15) is 12.6 Å². The predicted octanol–water partition coefficient (Wildman–Crippen LogP) is 3.59. The number of carbonyl (C=O) groups excluding carboxylic acids is 1. The van der Waals surface area contributed by atoms with Gasteiger partial charge in [0.2, 0.25) is 0 Å². The minimum absolute atomic E-state index is 0.211. The molecular weight excluding hydrogens is 272 g/mol. The summed E-state index contributed by atoms with van der Waals surface area (Å²) in [5.41, 5.74) is 3.46. The molecule has 0 N–H and O–H groups in total. The smallest absolute Gasteiger partial charge is 0.170 e. The number of Topliss-reactive ketones (excluding diaryl/α,β-unsaturated/α-hetero) is 1. The summed E-state index contributed by atoms with van der Waals surface area (Å²) >= 11 is 7.57. The zero-order chi connectivity index (χ0) is 10.8. The van der Waals surface area contributed by atoms with Crippen LogP contribution in [-0.4, -0.2) is 5.78 Å². The van der Waals surface area contributed by atoms with Crippen LogP contribution in [0.15, 0.2) is 28.7 Å². The normalized spacial score (nSPS) is 16.3. The Morgan fingerprint density at radius 2 is 1.87 bits per heavy atom. The van der Waals surface area contributed by atoms with Crippen LogP contribution in [0.5, 0.6) is 0 Å². The predicted molar refractivity (Wildman–Crippen MR) is 69.2 cm³/mol. The fourth-order valence-electron chi connectivity index (χ4n) is 1.71. The molecule has 0 spiro atoms. The molecule has 0 radical (unpaired) electrons. The highest BCUT2D eigenvalue weighted by Crippen LogP contribution is 2.34. The molecule has 0 heterocycles. The van der Waals surface area contributed by atoms with E-state index in [1.54, 1.807) is 0 Å². The van der Waals surface area contributed by atoms with Crippen molar-refractivity contribution in [1.29, 1.82) is 0 Å². The van der Waals surface area contributed by atoms with Gasteiger partial charge in [-0.3, -0.25) is 4.79 Å². The van der Waals surface area contributed by atoms with Gasteiger partial charge in [0.1, 0.15) is 0 Å². The van der Waals surface area contributed by atoms with E-state index in [2.05, 4.69) is 52.8 Å². The van der Waals surface area contributed by atoms with Crippen LogP contribution >= 0.6 is 28.6 Å². The van der Waals surface area contributed by atoms with Crippen molar-refractivity contribution in [3.05, 3.63) is 39.9 Å². The highest BCUT2D eigenvalue weighted by atomic mass is 79.9. The number of ketones is 1. The third-order valence-corrected chi connectivity index (χ3v) is 3.88. The van der Waals surface area contributed by atoms with Gasteiger partial charge in [-0.1, -0.05) is 24.3 Å². The van der Waals surface area contributed by atoms with Crippen LogP contribution < -0.4 is 0 Å². The first-order valence-corrected chi connectivity index (χ1v) is 6.27. The van der Waals surface area contributed by atoms with E-state index in [1.807, 2.05) is 0 Å². The monoisotopic (exact) mass is 282 g/mol. The van der Waals surface area contributed by atoms with Gasteiger partial charge >= 0.3 is 0 Å². The van der Waals surface area contributed by atoms with Crippen LogP contribution in [0, 0.1) is 0 Å². The number of hydrogen-bond acceptors (Lipinski definition) is 2. The van der Waals surface area contributed by atoms with E-state index >= 15 is 0 Å². The molecule has 0 bridgehead atoms. The Balaban J connectivity index is 2.34. The Hall–Kier alpha value is -0.540. The van der Waals surface area contributed by atoms with Crippen LogP contribution in [0.2, 0.25) is 0 Å². The average molecular weight is 283 g/mol. The van der Waals surface area contributed by atoms with Crippen LogP contribution in [0.25, 0.3) is 5.57 Å². The molecule has 78 valence electrons. The maximum Gasteiger partial charge on any atom is 0.170 e. The van der Waals surface area contributed by atoms with Gasteiger partial charge in [-0.05, 0) is 39.1 Å². The second-order valence-electron chi connectivity index (χ2n) is 3.57. The quantitative estimate of drug-likeness (QED) is 0.821. The molecule has 0 aliphatic heterocycles. The summed E-state index contributed by atoms with van der Waals surface area (Å²) in [5, 5.41) is 0. The lowest BCUT2D eigenvalue weighted by Gasteiger charge is -2.03. The topological polar surface area (TPSA) is 17.1 Å². The minimum atomic E-state index is 0.211. The number of halogens is 1. The molecule has 0 saturated carbocycles. The van der Waals surface area contributed by atoms with Gasteiger partial charge in [-0.25, -0.2) is 0 Å². The Morgan fingerprint density at radius 3 is 2.33 bits per heavy atom. The molecule has 15 heavy (non-hydrogen) atoms. The zero-order valence-electron chi connectivity index (χ0n) is 8.16. The lowest BCUT2D eigenvalue weighted by molar-refractivity contribution is -0.114. The number of hydrogen-bond donors (Lipinski definition) is 1. The summed E-state index contributed by atoms with van der Waals surface area (Å²) in [5.74, 6) is 0.961. The highest BCUT2D eigenvalue weighted by molar-refractivity contribution is 9.12. The summed E-state index contributed by atoms with van der Waals surface area (Å²) in [6.45, 7) is 0. The number of rotatable bonds is 2. The summed E-state index contributed by atoms with van der Waals surface area (Å²) < 4.78 is 0.751. The largest absolute Gasteiger partial charge is 0.294 e. The van der Waals surface area contributed by atoms with Gasteiger partial charge in [0.15, 0.2) is 5.78 Å². The van der Waals surface area contributed by atoms with Crippen molar-refractivity contribution in [1.82, 2.24) is 0 Å². The molecule has 3 heteroatoms. The van der Waals surface area contributed by atoms with Crippen LogP contribution in [0.4, 0.5) is 0 Å².